The largest absolute Gasteiger partial charge is 0.483 e. The molecule has 0 spiro atoms. The van der Waals surface area contributed by atoms with E-state index in [4.69, 9.17) is 4.74 Å². The van der Waals surface area contributed by atoms with Crippen LogP contribution in [0.15, 0.2) is 46.9 Å². The molecular weight excluding hydrogens is 444 g/mol. The third-order valence-electron chi connectivity index (χ3n) is 5.09. The Labute approximate surface area is 187 Å². The topological polar surface area (TPSA) is 58.6 Å². The molecule has 2 rings (SSSR count). The summed E-state index contributed by atoms with van der Waals surface area (Å²) in [5, 5.41) is 2.85. The maximum Gasteiger partial charge on any atom is 0.261 e. The molecule has 0 heterocycles. The molecule has 0 aromatic heterocycles. The summed E-state index contributed by atoms with van der Waals surface area (Å²) in [4.78, 5) is 27.4. The van der Waals surface area contributed by atoms with E-state index < -0.39 is 6.04 Å². The zero-order chi connectivity index (χ0) is 22.1. The second-order valence-corrected chi connectivity index (χ2v) is 8.03. The monoisotopic (exact) mass is 474 g/mol. The van der Waals surface area contributed by atoms with Crippen molar-refractivity contribution in [2.24, 2.45) is 0 Å². The molecule has 5 nitrogen and oxygen atoms in total. The Kier molecular flexibility index (Phi) is 9.37. The fourth-order valence-corrected chi connectivity index (χ4v) is 3.83. The van der Waals surface area contributed by atoms with E-state index >= 15 is 0 Å². The Morgan fingerprint density at radius 1 is 1.13 bits per heavy atom. The lowest BCUT2D eigenvalue weighted by Gasteiger charge is -2.31. The summed E-state index contributed by atoms with van der Waals surface area (Å²) < 4.78 is 6.63. The summed E-state index contributed by atoms with van der Waals surface area (Å²) in [6.45, 7) is 8.63. The summed E-state index contributed by atoms with van der Waals surface area (Å²) in [7, 11) is 0. The zero-order valence-corrected chi connectivity index (χ0v) is 19.8. The maximum absolute atomic E-state index is 13.2. The highest BCUT2D eigenvalue weighted by Gasteiger charge is 2.29. The molecule has 0 saturated heterocycles. The molecule has 0 saturated carbocycles. The van der Waals surface area contributed by atoms with Gasteiger partial charge in [0.2, 0.25) is 5.91 Å². The Balaban J connectivity index is 2.22. The predicted molar refractivity (Wildman–Crippen MR) is 124 cm³/mol. The summed E-state index contributed by atoms with van der Waals surface area (Å²) in [6, 6.07) is 13.2. The van der Waals surface area contributed by atoms with Crippen molar-refractivity contribution in [1.29, 1.82) is 0 Å². The first-order valence-corrected chi connectivity index (χ1v) is 11.2. The van der Waals surface area contributed by atoms with Gasteiger partial charge < -0.3 is 15.0 Å². The van der Waals surface area contributed by atoms with Crippen LogP contribution in [0.3, 0.4) is 0 Å². The molecule has 0 aliphatic heterocycles. The summed E-state index contributed by atoms with van der Waals surface area (Å²) in [5.41, 5.74) is 3.28. The smallest absolute Gasteiger partial charge is 0.261 e. The van der Waals surface area contributed by atoms with E-state index in [-0.39, 0.29) is 18.4 Å². The third kappa shape index (κ3) is 6.33. The molecule has 0 radical (unpaired) electrons. The van der Waals surface area contributed by atoms with Crippen molar-refractivity contribution in [3.05, 3.63) is 63.6 Å². The van der Waals surface area contributed by atoms with Gasteiger partial charge in [0, 0.05) is 13.1 Å². The molecule has 0 bridgehead atoms. The van der Waals surface area contributed by atoms with Crippen LogP contribution in [0.1, 0.15) is 43.9 Å². The number of hydrogen-bond acceptors (Lipinski definition) is 3. The molecule has 0 unspecified atom stereocenters. The quantitative estimate of drug-likeness (QED) is 0.545. The van der Waals surface area contributed by atoms with Gasteiger partial charge in [0.15, 0.2) is 6.61 Å². The number of halogens is 1. The average Bonchev–Trinajstić information content (AvgIpc) is 2.74. The lowest BCUT2D eigenvalue weighted by atomic mass is 10.1. The number of carbonyl (C=O) groups is 2. The Bertz CT molecular complexity index is 869. The summed E-state index contributed by atoms with van der Waals surface area (Å²) >= 11 is 3.51. The highest BCUT2D eigenvalue weighted by atomic mass is 79.9. The average molecular weight is 475 g/mol. The van der Waals surface area contributed by atoms with E-state index in [1.54, 1.807) is 4.90 Å². The van der Waals surface area contributed by atoms with Crippen molar-refractivity contribution in [3.63, 3.8) is 0 Å². The molecule has 162 valence electrons. The number of hydrogen-bond donors (Lipinski definition) is 1. The number of carbonyl (C=O) groups excluding carboxylic acids is 2. The van der Waals surface area contributed by atoms with Crippen LogP contribution in [0.5, 0.6) is 5.75 Å². The molecule has 2 aromatic carbocycles. The third-order valence-corrected chi connectivity index (χ3v) is 5.71. The van der Waals surface area contributed by atoms with Crippen LogP contribution in [0.2, 0.25) is 0 Å². The van der Waals surface area contributed by atoms with Crippen molar-refractivity contribution in [1.82, 2.24) is 10.2 Å². The summed E-state index contributed by atoms with van der Waals surface area (Å²) in [6.07, 6.45) is 1.45. The lowest BCUT2D eigenvalue weighted by molar-refractivity contribution is -0.142. The predicted octanol–water partition coefficient (Wildman–Crippen LogP) is 4.64. The highest BCUT2D eigenvalue weighted by molar-refractivity contribution is 9.10. The number of rotatable bonds is 10. The second kappa shape index (κ2) is 11.7. The number of aryl methyl sites for hydroxylation is 2. The van der Waals surface area contributed by atoms with Crippen molar-refractivity contribution in [2.75, 3.05) is 13.2 Å². The van der Waals surface area contributed by atoms with Gasteiger partial charge in [-0.05, 0) is 71.4 Å². The Hall–Kier alpha value is -2.34. The van der Waals surface area contributed by atoms with Crippen molar-refractivity contribution in [3.8, 4) is 5.75 Å². The standard InChI is InChI=1S/C24H31BrN2O3/c1-5-18-12-13-22(20(25)14-18)30-16-23(28)27(21(6-2)24(29)26-7-3)15-19-11-9-8-10-17(19)4/h8-14,21H,5-7,15-16H2,1-4H3,(H,26,29)/t21-/m1/s1. The first-order valence-electron chi connectivity index (χ1n) is 10.4. The molecule has 1 N–H and O–H groups in total. The Morgan fingerprint density at radius 2 is 1.87 bits per heavy atom. The van der Waals surface area contributed by atoms with Crippen molar-refractivity contribution < 1.29 is 14.3 Å². The number of nitrogens with zero attached hydrogens (tertiary/aromatic N) is 1. The molecule has 6 heteroatoms. The van der Waals surface area contributed by atoms with Crippen molar-refractivity contribution in [2.45, 2.75) is 53.1 Å². The van der Waals surface area contributed by atoms with Gasteiger partial charge in [0.1, 0.15) is 11.8 Å². The minimum absolute atomic E-state index is 0.133. The number of amides is 2. The second-order valence-electron chi connectivity index (χ2n) is 7.17. The van der Waals surface area contributed by atoms with Crippen LogP contribution in [-0.2, 0) is 22.6 Å². The van der Waals surface area contributed by atoms with Gasteiger partial charge >= 0.3 is 0 Å². The molecule has 0 aliphatic carbocycles. The number of nitrogens with one attached hydrogen (secondary N) is 1. The highest BCUT2D eigenvalue weighted by Crippen LogP contribution is 2.26. The van der Waals surface area contributed by atoms with Crippen LogP contribution >= 0.6 is 15.9 Å². The molecule has 30 heavy (non-hydrogen) atoms. The van der Waals surface area contributed by atoms with E-state index in [2.05, 4.69) is 28.2 Å². The van der Waals surface area contributed by atoms with E-state index in [1.165, 1.54) is 5.56 Å². The van der Waals surface area contributed by atoms with Crippen LogP contribution < -0.4 is 10.1 Å². The molecular formula is C24H31BrN2O3. The Morgan fingerprint density at radius 3 is 2.47 bits per heavy atom. The minimum Gasteiger partial charge on any atom is -0.483 e. The summed E-state index contributed by atoms with van der Waals surface area (Å²) in [5.74, 6) is 0.251. The first-order chi connectivity index (χ1) is 14.4. The minimum atomic E-state index is -0.549. The number of benzene rings is 2. The number of ether oxygens (including phenoxy) is 1. The van der Waals surface area contributed by atoms with Gasteiger partial charge in [-0.2, -0.15) is 0 Å². The van der Waals surface area contributed by atoms with Crippen LogP contribution in [0, 0.1) is 6.92 Å². The van der Waals surface area contributed by atoms with Crippen LogP contribution in [-0.4, -0.2) is 35.9 Å². The first kappa shape index (κ1) is 23.9. The van der Waals surface area contributed by atoms with E-state index in [1.807, 2.05) is 63.2 Å². The molecule has 0 aliphatic rings. The van der Waals surface area contributed by atoms with E-state index in [0.717, 1.165) is 22.0 Å². The fourth-order valence-electron chi connectivity index (χ4n) is 3.29. The molecule has 2 amide bonds. The molecule has 1 atom stereocenters. The maximum atomic E-state index is 13.2. The molecule has 0 fully saturated rings. The fraction of sp³-hybridized carbons (Fsp3) is 0.417. The lowest BCUT2D eigenvalue weighted by Crippen LogP contribution is -2.50. The van der Waals surface area contributed by atoms with E-state index in [0.29, 0.717) is 25.3 Å². The molecule has 2 aromatic rings. The normalized spacial score (nSPS) is 11.6. The van der Waals surface area contributed by atoms with Gasteiger partial charge in [0.25, 0.3) is 5.91 Å². The SMILES string of the molecule is CCNC(=O)[C@@H](CC)N(Cc1ccccc1C)C(=O)COc1ccc(CC)cc1Br. The van der Waals surface area contributed by atoms with Gasteiger partial charge in [-0.15, -0.1) is 0 Å². The van der Waals surface area contributed by atoms with Gasteiger partial charge in [-0.3, -0.25) is 9.59 Å². The van der Waals surface area contributed by atoms with E-state index in [9.17, 15) is 9.59 Å². The van der Waals surface area contributed by atoms with Crippen molar-refractivity contribution >= 4 is 27.7 Å². The number of likely N-dealkylation sites (N-methyl/N-ethyl adjacent to an activating group) is 1. The van der Waals surface area contributed by atoms with Crippen LogP contribution in [0.25, 0.3) is 0 Å². The van der Waals surface area contributed by atoms with Gasteiger partial charge in [-0.1, -0.05) is 44.2 Å². The van der Waals surface area contributed by atoms with Gasteiger partial charge in [0.05, 0.1) is 4.47 Å². The van der Waals surface area contributed by atoms with Gasteiger partial charge in [-0.25, -0.2) is 0 Å². The zero-order valence-electron chi connectivity index (χ0n) is 18.2. The van der Waals surface area contributed by atoms with Crippen LogP contribution in [0.4, 0.5) is 0 Å².